The van der Waals surface area contributed by atoms with Crippen molar-refractivity contribution in [3.05, 3.63) is 10.9 Å². The van der Waals surface area contributed by atoms with Crippen LogP contribution in [0.3, 0.4) is 0 Å². The molecule has 2 rings (SSSR count). The molecule has 0 radical (unpaired) electrons. The van der Waals surface area contributed by atoms with E-state index in [2.05, 4.69) is 40.6 Å². The SMILES string of the molecule is CCCOCCCNc1nc(NN)nc2sc(CC)cc12. The minimum atomic E-state index is 0.441. The first kappa shape index (κ1) is 15.9. The van der Waals surface area contributed by atoms with Crippen LogP contribution < -0.4 is 16.6 Å². The van der Waals surface area contributed by atoms with Crippen LogP contribution in [-0.4, -0.2) is 29.7 Å². The molecule has 21 heavy (non-hydrogen) atoms. The third-order valence-corrected chi connectivity index (χ3v) is 4.20. The highest BCUT2D eigenvalue weighted by molar-refractivity contribution is 7.18. The van der Waals surface area contributed by atoms with E-state index in [4.69, 9.17) is 10.6 Å². The van der Waals surface area contributed by atoms with Gasteiger partial charge >= 0.3 is 0 Å². The molecule has 0 saturated carbocycles. The predicted molar refractivity (Wildman–Crippen MR) is 88.8 cm³/mol. The number of aromatic nitrogens is 2. The number of nitrogens with zero attached hydrogens (tertiary/aromatic N) is 2. The lowest BCUT2D eigenvalue weighted by Gasteiger charge is -2.08. The highest BCUT2D eigenvalue weighted by Crippen LogP contribution is 2.30. The number of fused-ring (bicyclic) bond motifs is 1. The summed E-state index contributed by atoms with van der Waals surface area (Å²) in [6.45, 7) is 6.65. The van der Waals surface area contributed by atoms with Gasteiger partial charge in [-0.05, 0) is 25.3 Å². The van der Waals surface area contributed by atoms with Crippen LogP contribution in [0.1, 0.15) is 31.6 Å². The fourth-order valence-corrected chi connectivity index (χ4v) is 2.94. The fraction of sp³-hybridized carbons (Fsp3) is 0.571. The molecule has 0 aliphatic heterocycles. The molecule has 7 heteroatoms. The van der Waals surface area contributed by atoms with Gasteiger partial charge in [-0.15, -0.1) is 11.3 Å². The first-order chi connectivity index (χ1) is 10.3. The Morgan fingerprint density at radius 1 is 1.29 bits per heavy atom. The van der Waals surface area contributed by atoms with Gasteiger partial charge < -0.3 is 10.1 Å². The van der Waals surface area contributed by atoms with E-state index in [1.54, 1.807) is 11.3 Å². The van der Waals surface area contributed by atoms with Crippen molar-refractivity contribution in [1.29, 1.82) is 0 Å². The fourth-order valence-electron chi connectivity index (χ4n) is 1.97. The summed E-state index contributed by atoms with van der Waals surface area (Å²) in [5, 5.41) is 4.42. The van der Waals surface area contributed by atoms with Gasteiger partial charge in [0.05, 0.1) is 5.39 Å². The average Bonchev–Trinajstić information content (AvgIpc) is 2.93. The molecule has 0 aromatic carbocycles. The second-order valence-corrected chi connectivity index (χ2v) is 5.83. The van der Waals surface area contributed by atoms with Crippen LogP contribution in [-0.2, 0) is 11.2 Å². The number of hydrogen-bond donors (Lipinski definition) is 3. The topological polar surface area (TPSA) is 85.1 Å². The van der Waals surface area contributed by atoms with E-state index in [1.807, 2.05) is 0 Å². The molecule has 0 amide bonds. The highest BCUT2D eigenvalue weighted by atomic mass is 32.1. The van der Waals surface area contributed by atoms with E-state index in [1.165, 1.54) is 4.88 Å². The van der Waals surface area contributed by atoms with Crippen LogP contribution in [0.5, 0.6) is 0 Å². The zero-order valence-electron chi connectivity index (χ0n) is 12.6. The number of ether oxygens (including phenoxy) is 1. The third kappa shape index (κ3) is 4.26. The van der Waals surface area contributed by atoms with E-state index in [9.17, 15) is 0 Å². The van der Waals surface area contributed by atoms with Crippen molar-refractivity contribution in [2.45, 2.75) is 33.1 Å². The molecule has 116 valence electrons. The van der Waals surface area contributed by atoms with Crippen molar-refractivity contribution < 1.29 is 4.74 Å². The van der Waals surface area contributed by atoms with Gasteiger partial charge in [0.1, 0.15) is 10.6 Å². The summed E-state index contributed by atoms with van der Waals surface area (Å²) in [5.41, 5.74) is 2.52. The lowest BCUT2D eigenvalue weighted by atomic mass is 10.3. The quantitative estimate of drug-likeness (QED) is 0.375. The summed E-state index contributed by atoms with van der Waals surface area (Å²) in [7, 11) is 0. The average molecular weight is 309 g/mol. The monoisotopic (exact) mass is 309 g/mol. The first-order valence-electron chi connectivity index (χ1n) is 7.37. The molecule has 4 N–H and O–H groups in total. The van der Waals surface area contributed by atoms with Gasteiger partial charge in [0.2, 0.25) is 5.95 Å². The minimum Gasteiger partial charge on any atom is -0.381 e. The van der Waals surface area contributed by atoms with Gasteiger partial charge in [0, 0.05) is 24.6 Å². The summed E-state index contributed by atoms with van der Waals surface area (Å²) in [4.78, 5) is 11.1. The van der Waals surface area contributed by atoms with Crippen LogP contribution >= 0.6 is 11.3 Å². The molecule has 0 saturated heterocycles. The van der Waals surface area contributed by atoms with Gasteiger partial charge in [-0.2, -0.15) is 4.98 Å². The molecule has 2 heterocycles. The van der Waals surface area contributed by atoms with E-state index in [0.717, 1.165) is 55.1 Å². The largest absolute Gasteiger partial charge is 0.381 e. The van der Waals surface area contributed by atoms with Crippen molar-refractivity contribution in [3.8, 4) is 0 Å². The van der Waals surface area contributed by atoms with Gasteiger partial charge in [-0.25, -0.2) is 10.8 Å². The molecule has 0 fully saturated rings. The summed E-state index contributed by atoms with van der Waals surface area (Å²) in [6, 6.07) is 2.15. The number of nitrogens with one attached hydrogen (secondary N) is 2. The number of aryl methyl sites for hydroxylation is 1. The molecular formula is C14H23N5OS. The van der Waals surface area contributed by atoms with Crippen molar-refractivity contribution in [2.24, 2.45) is 5.84 Å². The Balaban J connectivity index is 2.04. The number of thiophene rings is 1. The maximum absolute atomic E-state index is 5.47. The predicted octanol–water partition coefficient (Wildman–Crippen LogP) is 2.77. The van der Waals surface area contributed by atoms with Gasteiger partial charge in [0.15, 0.2) is 0 Å². The molecule has 2 aromatic heterocycles. The Hall–Kier alpha value is -1.44. The maximum Gasteiger partial charge on any atom is 0.240 e. The molecule has 0 aliphatic carbocycles. The van der Waals surface area contributed by atoms with Crippen molar-refractivity contribution >= 4 is 33.3 Å². The number of rotatable bonds is 9. The number of nitrogens with two attached hydrogens (primary N) is 1. The second kappa shape index (κ2) is 8.11. The van der Waals surface area contributed by atoms with Gasteiger partial charge in [-0.1, -0.05) is 13.8 Å². The Bertz CT molecular complexity index is 572. The lowest BCUT2D eigenvalue weighted by molar-refractivity contribution is 0.134. The molecule has 0 spiro atoms. The summed E-state index contributed by atoms with van der Waals surface area (Å²) in [6.07, 6.45) is 3.00. The van der Waals surface area contributed by atoms with Crippen LogP contribution in [0.4, 0.5) is 11.8 Å². The third-order valence-electron chi connectivity index (χ3n) is 3.03. The molecular weight excluding hydrogens is 286 g/mol. The number of hydrogen-bond acceptors (Lipinski definition) is 7. The molecule has 0 aliphatic rings. The highest BCUT2D eigenvalue weighted by Gasteiger charge is 2.10. The minimum absolute atomic E-state index is 0.441. The first-order valence-corrected chi connectivity index (χ1v) is 8.18. The Morgan fingerprint density at radius 2 is 2.14 bits per heavy atom. The van der Waals surface area contributed by atoms with Crippen LogP contribution in [0.15, 0.2) is 6.07 Å². The Labute approximate surface area is 129 Å². The maximum atomic E-state index is 5.47. The van der Waals surface area contributed by atoms with E-state index in [0.29, 0.717) is 5.95 Å². The van der Waals surface area contributed by atoms with Crippen LogP contribution in [0.25, 0.3) is 10.2 Å². The van der Waals surface area contributed by atoms with Crippen molar-refractivity contribution in [2.75, 3.05) is 30.5 Å². The second-order valence-electron chi connectivity index (χ2n) is 4.72. The van der Waals surface area contributed by atoms with E-state index < -0.39 is 0 Å². The van der Waals surface area contributed by atoms with E-state index >= 15 is 0 Å². The molecule has 2 aromatic rings. The van der Waals surface area contributed by atoms with Gasteiger partial charge in [0.25, 0.3) is 0 Å². The number of anilines is 2. The molecule has 0 unspecified atom stereocenters. The number of nitrogen functional groups attached to an aromatic ring is 1. The summed E-state index contributed by atoms with van der Waals surface area (Å²) >= 11 is 1.68. The molecule has 0 atom stereocenters. The lowest BCUT2D eigenvalue weighted by Crippen LogP contribution is -2.13. The Kier molecular flexibility index (Phi) is 6.16. The number of hydrazine groups is 1. The van der Waals surface area contributed by atoms with Crippen molar-refractivity contribution in [3.63, 3.8) is 0 Å². The normalized spacial score (nSPS) is 11.0. The molecule has 6 nitrogen and oxygen atoms in total. The summed E-state index contributed by atoms with van der Waals surface area (Å²) < 4.78 is 5.47. The van der Waals surface area contributed by atoms with Crippen LogP contribution in [0, 0.1) is 0 Å². The van der Waals surface area contributed by atoms with Crippen molar-refractivity contribution in [1.82, 2.24) is 9.97 Å². The standard InChI is InChI=1S/C14H23N5OS/c1-3-7-20-8-5-6-16-12-11-9-10(4-2)21-13(11)18-14(17-12)19-15/h9H,3-8,15H2,1-2H3,(H2,16,17,18,19). The molecule has 0 bridgehead atoms. The van der Waals surface area contributed by atoms with E-state index in [-0.39, 0.29) is 0 Å². The zero-order valence-corrected chi connectivity index (χ0v) is 13.4. The summed E-state index contributed by atoms with van der Waals surface area (Å²) in [5.74, 6) is 6.71. The Morgan fingerprint density at radius 3 is 2.86 bits per heavy atom. The van der Waals surface area contributed by atoms with Crippen LogP contribution in [0.2, 0.25) is 0 Å². The van der Waals surface area contributed by atoms with Gasteiger partial charge in [-0.3, -0.25) is 5.43 Å². The zero-order chi connectivity index (χ0) is 15.1. The smallest absolute Gasteiger partial charge is 0.240 e.